The van der Waals surface area contributed by atoms with E-state index in [0.717, 1.165) is 62.0 Å². The molecule has 0 aliphatic heterocycles. The maximum absolute atomic E-state index is 5.22. The van der Waals surface area contributed by atoms with Crippen LogP contribution in [0.3, 0.4) is 0 Å². The van der Waals surface area contributed by atoms with E-state index >= 15 is 0 Å². The minimum absolute atomic E-state index is 0. The summed E-state index contributed by atoms with van der Waals surface area (Å²) in [5, 5.41) is 0. The van der Waals surface area contributed by atoms with Crippen LogP contribution >= 0.6 is 0 Å². The molecule has 0 radical (unpaired) electrons. The first-order valence-corrected chi connectivity index (χ1v) is 24.4. The van der Waals surface area contributed by atoms with Crippen molar-refractivity contribution in [1.82, 2.24) is 0 Å². The molecule has 324 valence electrons. The molecule has 2 nitrogen and oxygen atoms in total. The Morgan fingerprint density at radius 1 is 0.404 bits per heavy atom. The third-order valence-corrected chi connectivity index (χ3v) is 11.3. The van der Waals surface area contributed by atoms with Crippen molar-refractivity contribution in [1.29, 1.82) is 0 Å². The Balaban J connectivity index is 0.0000162. The number of allylic oxidation sites excluding steroid dienone is 4. The van der Waals surface area contributed by atoms with Gasteiger partial charge >= 0.3 is 0 Å². The van der Waals surface area contributed by atoms with Crippen LogP contribution in [0.15, 0.2) is 82.8 Å². The quantitative estimate of drug-likeness (QED) is 0.0278. The van der Waals surface area contributed by atoms with E-state index in [1.165, 1.54) is 178 Å². The van der Waals surface area contributed by atoms with Crippen LogP contribution in [0, 0.1) is 0 Å². The monoisotopic (exact) mass is 871 g/mol. The molecule has 0 aliphatic rings. The number of unbranched alkanes of at least 4 members (excludes halogenated alkanes) is 25. The molecule has 0 atom stereocenters. The van der Waals surface area contributed by atoms with Gasteiger partial charge < -0.3 is 0 Å². The second-order valence-electron chi connectivity index (χ2n) is 16.6. The SMILES string of the molecule is CCCCCCCCCCCCCC=CCCCc1ccccc1N=CC(CCCC)=Nc1ccccc1CCCC=CCCCCCCCCCCCCC.[Pd]. The number of aliphatic imine (C=N–C) groups is 2. The molecule has 2 aromatic carbocycles. The average molecular weight is 872 g/mol. The predicted octanol–water partition coefficient (Wildman–Crippen LogP) is 18.5. The first-order valence-electron chi connectivity index (χ1n) is 24.4. The van der Waals surface area contributed by atoms with E-state index in [1.807, 2.05) is 0 Å². The molecule has 0 aromatic heterocycles. The van der Waals surface area contributed by atoms with Crippen molar-refractivity contribution < 1.29 is 20.4 Å². The van der Waals surface area contributed by atoms with Crippen LogP contribution in [0.5, 0.6) is 0 Å². The molecule has 0 saturated carbocycles. The molecule has 57 heavy (non-hydrogen) atoms. The van der Waals surface area contributed by atoms with Gasteiger partial charge in [0, 0.05) is 26.6 Å². The number of aryl methyl sites for hydroxylation is 2. The van der Waals surface area contributed by atoms with Crippen molar-refractivity contribution in [3.8, 4) is 0 Å². The Kier molecular flexibility index (Phi) is 37.8. The van der Waals surface area contributed by atoms with Crippen molar-refractivity contribution >= 4 is 23.3 Å². The Morgan fingerprint density at radius 3 is 1.19 bits per heavy atom. The summed E-state index contributed by atoms with van der Waals surface area (Å²) >= 11 is 0. The van der Waals surface area contributed by atoms with Crippen LogP contribution in [0.25, 0.3) is 0 Å². The number of hydrogen-bond acceptors (Lipinski definition) is 2. The molecule has 2 rings (SSSR count). The Hall–Kier alpha value is -2.08. The van der Waals surface area contributed by atoms with Crippen molar-refractivity contribution in [3.63, 3.8) is 0 Å². The van der Waals surface area contributed by atoms with E-state index in [2.05, 4.69) is 99.8 Å². The molecule has 2 aromatic rings. The van der Waals surface area contributed by atoms with Crippen molar-refractivity contribution in [2.45, 2.75) is 233 Å². The third-order valence-electron chi connectivity index (χ3n) is 11.3. The minimum atomic E-state index is 0. The number of hydrogen-bond donors (Lipinski definition) is 0. The molecule has 0 unspecified atom stereocenters. The van der Waals surface area contributed by atoms with Gasteiger partial charge in [0.1, 0.15) is 0 Å². The van der Waals surface area contributed by atoms with Gasteiger partial charge in [-0.25, -0.2) is 0 Å². The van der Waals surface area contributed by atoms with Gasteiger partial charge in [0.05, 0.1) is 17.1 Å². The summed E-state index contributed by atoms with van der Waals surface area (Å²) in [5.74, 6) is 0. The van der Waals surface area contributed by atoms with E-state index < -0.39 is 0 Å². The third kappa shape index (κ3) is 30.6. The summed E-state index contributed by atoms with van der Waals surface area (Å²) in [6.07, 6.45) is 55.3. The fraction of sp³-hybridized carbons (Fsp3) is 0.667. The van der Waals surface area contributed by atoms with E-state index in [4.69, 9.17) is 9.98 Å². The largest absolute Gasteiger partial charge is 0.255 e. The molecular formula is C54H88N2Pd. The normalized spacial score (nSPS) is 12.1. The Labute approximate surface area is 368 Å². The zero-order valence-electron chi connectivity index (χ0n) is 37.6. The zero-order chi connectivity index (χ0) is 39.8. The summed E-state index contributed by atoms with van der Waals surface area (Å²) in [6.45, 7) is 6.86. The molecule has 0 fully saturated rings. The van der Waals surface area contributed by atoms with Gasteiger partial charge in [-0.3, -0.25) is 9.98 Å². The molecule has 0 amide bonds. The van der Waals surface area contributed by atoms with Gasteiger partial charge in [0.15, 0.2) is 0 Å². The van der Waals surface area contributed by atoms with Crippen molar-refractivity contribution in [2.75, 3.05) is 0 Å². The predicted molar refractivity (Wildman–Crippen MR) is 254 cm³/mol. The Morgan fingerprint density at radius 2 is 0.754 bits per heavy atom. The average Bonchev–Trinajstić information content (AvgIpc) is 3.22. The number of para-hydroxylation sites is 2. The number of benzene rings is 2. The van der Waals surface area contributed by atoms with E-state index in [0.29, 0.717) is 0 Å². The van der Waals surface area contributed by atoms with Gasteiger partial charge in [-0.1, -0.05) is 216 Å². The van der Waals surface area contributed by atoms with Crippen LogP contribution in [-0.4, -0.2) is 11.9 Å². The van der Waals surface area contributed by atoms with Crippen molar-refractivity contribution in [3.05, 3.63) is 84.0 Å². The molecule has 0 spiro atoms. The summed E-state index contributed by atoms with van der Waals surface area (Å²) in [4.78, 5) is 10.3. The summed E-state index contributed by atoms with van der Waals surface area (Å²) in [6, 6.07) is 17.5. The fourth-order valence-electron chi connectivity index (χ4n) is 7.63. The molecule has 0 heterocycles. The Bertz CT molecular complexity index is 1290. The van der Waals surface area contributed by atoms with Gasteiger partial charge in [-0.15, -0.1) is 0 Å². The minimum Gasteiger partial charge on any atom is -0.255 e. The smallest absolute Gasteiger partial charge is 0.0665 e. The maximum atomic E-state index is 5.22. The van der Waals surface area contributed by atoms with Gasteiger partial charge in [-0.05, 0) is 100 Å². The second kappa shape index (κ2) is 40.7. The molecule has 0 bridgehead atoms. The molecule has 0 aliphatic carbocycles. The number of rotatable bonds is 38. The van der Waals surface area contributed by atoms with E-state index in [1.54, 1.807) is 0 Å². The van der Waals surface area contributed by atoms with E-state index in [-0.39, 0.29) is 20.4 Å². The van der Waals surface area contributed by atoms with Gasteiger partial charge in [0.2, 0.25) is 0 Å². The van der Waals surface area contributed by atoms with Crippen LogP contribution in [0.1, 0.15) is 231 Å². The maximum Gasteiger partial charge on any atom is 0.0665 e. The van der Waals surface area contributed by atoms with Crippen LogP contribution in [0.2, 0.25) is 0 Å². The van der Waals surface area contributed by atoms with E-state index in [9.17, 15) is 0 Å². The topological polar surface area (TPSA) is 24.7 Å². The van der Waals surface area contributed by atoms with Crippen LogP contribution in [0.4, 0.5) is 11.4 Å². The first kappa shape index (κ1) is 52.9. The zero-order valence-corrected chi connectivity index (χ0v) is 39.1. The summed E-state index contributed by atoms with van der Waals surface area (Å²) in [5.41, 5.74) is 5.99. The number of nitrogens with zero attached hydrogens (tertiary/aromatic N) is 2. The molecule has 0 N–H and O–H groups in total. The van der Waals surface area contributed by atoms with Crippen molar-refractivity contribution in [2.24, 2.45) is 9.98 Å². The van der Waals surface area contributed by atoms with Crippen LogP contribution in [-0.2, 0) is 33.3 Å². The van der Waals surface area contributed by atoms with Gasteiger partial charge in [0.25, 0.3) is 0 Å². The molecule has 0 saturated heterocycles. The standard InChI is InChI=1S/C54H88N2.Pd/c1-4-7-10-12-14-16-18-20-22-24-26-28-30-32-34-36-42-50-44-38-40-47-53(50)55-49-52(46-9-6-3)56-54-48-41-39-45-51(54)43-37-35-33-31-29-27-25-23-21-19-17-15-13-11-8-5-2;/h30-33,38-41,44-45,47-49H,4-29,34-37,42-43,46H2,1-3H3;. The fourth-order valence-corrected chi connectivity index (χ4v) is 7.63. The first-order chi connectivity index (χ1) is 27.8. The molecule has 3 heteroatoms. The summed E-state index contributed by atoms with van der Waals surface area (Å²) in [7, 11) is 0. The summed E-state index contributed by atoms with van der Waals surface area (Å²) < 4.78 is 0. The van der Waals surface area contributed by atoms with Gasteiger partial charge in [-0.2, -0.15) is 0 Å². The molecular weight excluding hydrogens is 783 g/mol. The van der Waals surface area contributed by atoms with Crippen LogP contribution < -0.4 is 0 Å². The second-order valence-corrected chi connectivity index (χ2v) is 16.6.